The zero-order chi connectivity index (χ0) is 14.5. The molecule has 118 valence electrons. The molecule has 0 radical (unpaired) electrons. The molecule has 2 saturated carbocycles. The average molecular weight is 306 g/mol. The van der Waals surface area contributed by atoms with Crippen LogP contribution in [0.3, 0.4) is 0 Å². The minimum Gasteiger partial charge on any atom is -0.306 e. The highest BCUT2D eigenvalue weighted by atomic mass is 32.1. The van der Waals surface area contributed by atoms with Gasteiger partial charge in [0.1, 0.15) is 0 Å². The molecule has 1 N–H and O–H groups in total. The summed E-state index contributed by atoms with van der Waals surface area (Å²) in [5.74, 6) is 1.77. The van der Waals surface area contributed by atoms with E-state index in [-0.39, 0.29) is 0 Å². The predicted octanol–water partition coefficient (Wildman–Crippen LogP) is 5.93. The fraction of sp³-hybridized carbons (Fsp3) is 0.789. The van der Waals surface area contributed by atoms with Gasteiger partial charge in [0.05, 0.1) is 0 Å². The van der Waals surface area contributed by atoms with Crippen molar-refractivity contribution in [2.24, 2.45) is 11.8 Å². The van der Waals surface area contributed by atoms with Crippen LogP contribution in [0, 0.1) is 11.8 Å². The zero-order valence-corrected chi connectivity index (χ0v) is 14.3. The highest BCUT2D eigenvalue weighted by molar-refractivity contribution is 7.10. The molecule has 2 aliphatic rings. The SMILES string of the molecule is C[C@H](NC(c1cccs1)C1CCCC1)C1CCCCCC1. The van der Waals surface area contributed by atoms with E-state index in [1.165, 1.54) is 64.2 Å². The standard InChI is InChI=1S/C19H31NS/c1-15(16-9-4-2-3-5-10-16)20-19(17-11-6-7-12-17)18-13-8-14-21-18/h8,13-17,19-20H,2-7,9-12H2,1H3/t15-,19?/m0/s1. The van der Waals surface area contributed by atoms with Gasteiger partial charge in [-0.15, -0.1) is 11.3 Å². The van der Waals surface area contributed by atoms with Gasteiger partial charge in [0, 0.05) is 17.0 Å². The van der Waals surface area contributed by atoms with E-state index in [9.17, 15) is 0 Å². The van der Waals surface area contributed by atoms with Crippen molar-refractivity contribution in [3.05, 3.63) is 22.4 Å². The third kappa shape index (κ3) is 4.10. The lowest BCUT2D eigenvalue weighted by atomic mass is 9.90. The van der Waals surface area contributed by atoms with Crippen molar-refractivity contribution < 1.29 is 0 Å². The molecule has 2 aliphatic carbocycles. The number of nitrogens with one attached hydrogen (secondary N) is 1. The van der Waals surface area contributed by atoms with Crippen LogP contribution in [0.15, 0.2) is 17.5 Å². The summed E-state index contributed by atoms with van der Waals surface area (Å²) in [5, 5.41) is 6.31. The third-order valence-corrected chi connectivity index (χ3v) is 6.73. The van der Waals surface area contributed by atoms with Crippen LogP contribution in [-0.4, -0.2) is 6.04 Å². The normalized spacial score (nSPS) is 24.8. The van der Waals surface area contributed by atoms with Crippen LogP contribution in [-0.2, 0) is 0 Å². The average Bonchev–Trinajstić information content (AvgIpc) is 3.14. The molecule has 0 saturated heterocycles. The summed E-state index contributed by atoms with van der Waals surface area (Å²) in [6.07, 6.45) is 14.4. The summed E-state index contributed by atoms with van der Waals surface area (Å²) in [6, 6.07) is 5.86. The smallest absolute Gasteiger partial charge is 0.0445 e. The van der Waals surface area contributed by atoms with E-state index in [0.29, 0.717) is 12.1 Å². The van der Waals surface area contributed by atoms with Gasteiger partial charge < -0.3 is 5.32 Å². The summed E-state index contributed by atoms with van der Waals surface area (Å²) in [7, 11) is 0. The lowest BCUT2D eigenvalue weighted by Gasteiger charge is -2.31. The largest absolute Gasteiger partial charge is 0.306 e. The van der Waals surface area contributed by atoms with E-state index in [4.69, 9.17) is 0 Å². The predicted molar refractivity (Wildman–Crippen MR) is 92.8 cm³/mol. The van der Waals surface area contributed by atoms with Crippen LogP contribution in [0.1, 0.15) is 82.1 Å². The second-order valence-electron chi connectivity index (χ2n) is 7.24. The molecular formula is C19H31NS. The summed E-state index contributed by atoms with van der Waals surface area (Å²) in [4.78, 5) is 1.57. The van der Waals surface area contributed by atoms with Gasteiger partial charge in [-0.1, -0.05) is 44.6 Å². The number of rotatable bonds is 5. The molecular weight excluding hydrogens is 274 g/mol. The monoisotopic (exact) mass is 305 g/mol. The lowest BCUT2D eigenvalue weighted by Crippen LogP contribution is -2.38. The van der Waals surface area contributed by atoms with Gasteiger partial charge in [0.2, 0.25) is 0 Å². The maximum absolute atomic E-state index is 4.07. The van der Waals surface area contributed by atoms with Gasteiger partial charge in [-0.3, -0.25) is 0 Å². The Morgan fingerprint density at radius 3 is 2.19 bits per heavy atom. The minimum atomic E-state index is 0.616. The Bertz CT molecular complexity index is 386. The molecule has 0 aliphatic heterocycles. The molecule has 0 aromatic carbocycles. The highest BCUT2D eigenvalue weighted by Gasteiger charge is 2.30. The summed E-state index contributed by atoms with van der Waals surface area (Å²) >= 11 is 1.95. The Morgan fingerprint density at radius 2 is 1.57 bits per heavy atom. The zero-order valence-electron chi connectivity index (χ0n) is 13.5. The van der Waals surface area contributed by atoms with Crippen molar-refractivity contribution in [2.45, 2.75) is 83.2 Å². The fourth-order valence-electron chi connectivity index (χ4n) is 4.44. The molecule has 2 heteroatoms. The van der Waals surface area contributed by atoms with E-state index in [1.807, 2.05) is 11.3 Å². The molecule has 1 aromatic heterocycles. The first-order valence-electron chi connectivity index (χ1n) is 9.14. The van der Waals surface area contributed by atoms with Gasteiger partial charge in [-0.2, -0.15) is 0 Å². The van der Waals surface area contributed by atoms with Gasteiger partial charge in [0.25, 0.3) is 0 Å². The molecule has 1 aromatic rings. The first-order chi connectivity index (χ1) is 10.3. The van der Waals surface area contributed by atoms with Crippen LogP contribution in [0.25, 0.3) is 0 Å². The van der Waals surface area contributed by atoms with Gasteiger partial charge in [-0.25, -0.2) is 0 Å². The minimum absolute atomic E-state index is 0.616. The lowest BCUT2D eigenvalue weighted by molar-refractivity contribution is 0.268. The quantitative estimate of drug-likeness (QED) is 0.665. The van der Waals surface area contributed by atoms with E-state index in [1.54, 1.807) is 4.88 Å². The van der Waals surface area contributed by atoms with Crippen LogP contribution in [0.5, 0.6) is 0 Å². The van der Waals surface area contributed by atoms with Crippen molar-refractivity contribution in [3.8, 4) is 0 Å². The van der Waals surface area contributed by atoms with E-state index in [2.05, 4.69) is 29.8 Å². The van der Waals surface area contributed by atoms with Gasteiger partial charge in [-0.05, 0) is 55.9 Å². The molecule has 2 fully saturated rings. The van der Waals surface area contributed by atoms with Crippen molar-refractivity contribution in [3.63, 3.8) is 0 Å². The topological polar surface area (TPSA) is 12.0 Å². The Morgan fingerprint density at radius 1 is 0.952 bits per heavy atom. The van der Waals surface area contributed by atoms with Crippen molar-refractivity contribution >= 4 is 11.3 Å². The van der Waals surface area contributed by atoms with Crippen LogP contribution < -0.4 is 5.32 Å². The molecule has 0 bridgehead atoms. The van der Waals surface area contributed by atoms with Gasteiger partial charge in [0.15, 0.2) is 0 Å². The molecule has 1 unspecified atom stereocenters. The van der Waals surface area contributed by atoms with Crippen LogP contribution in [0.4, 0.5) is 0 Å². The summed E-state index contributed by atoms with van der Waals surface area (Å²) in [5.41, 5.74) is 0. The maximum Gasteiger partial charge on any atom is 0.0445 e. The Hall–Kier alpha value is -0.340. The second-order valence-corrected chi connectivity index (χ2v) is 8.22. The molecule has 0 spiro atoms. The van der Waals surface area contributed by atoms with Crippen LogP contribution >= 0.6 is 11.3 Å². The third-order valence-electron chi connectivity index (χ3n) is 5.77. The number of hydrogen-bond acceptors (Lipinski definition) is 2. The van der Waals surface area contributed by atoms with E-state index in [0.717, 1.165) is 11.8 Å². The molecule has 3 rings (SSSR count). The molecule has 1 nitrogen and oxygen atoms in total. The first kappa shape index (κ1) is 15.6. The Balaban J connectivity index is 1.65. The van der Waals surface area contributed by atoms with Crippen molar-refractivity contribution in [1.82, 2.24) is 5.32 Å². The summed E-state index contributed by atoms with van der Waals surface area (Å²) < 4.78 is 0. The second kappa shape index (κ2) is 7.78. The van der Waals surface area contributed by atoms with Crippen LogP contribution in [0.2, 0.25) is 0 Å². The molecule has 21 heavy (non-hydrogen) atoms. The fourth-order valence-corrected chi connectivity index (χ4v) is 5.32. The Kier molecular flexibility index (Phi) is 5.76. The summed E-state index contributed by atoms with van der Waals surface area (Å²) in [6.45, 7) is 2.45. The highest BCUT2D eigenvalue weighted by Crippen LogP contribution is 2.38. The first-order valence-corrected chi connectivity index (χ1v) is 10.0. The number of hydrogen-bond donors (Lipinski definition) is 1. The van der Waals surface area contributed by atoms with E-state index >= 15 is 0 Å². The molecule has 1 heterocycles. The van der Waals surface area contributed by atoms with E-state index < -0.39 is 0 Å². The Labute approximate surface area is 134 Å². The van der Waals surface area contributed by atoms with Crippen molar-refractivity contribution in [1.29, 1.82) is 0 Å². The van der Waals surface area contributed by atoms with Crippen molar-refractivity contribution in [2.75, 3.05) is 0 Å². The van der Waals surface area contributed by atoms with Gasteiger partial charge >= 0.3 is 0 Å². The molecule has 0 amide bonds. The number of thiophene rings is 1. The maximum atomic E-state index is 4.07. The molecule has 2 atom stereocenters.